The van der Waals surface area contributed by atoms with Crippen molar-refractivity contribution in [2.45, 2.75) is 130 Å². The Hall–Kier alpha value is -1.14. The van der Waals surface area contributed by atoms with Gasteiger partial charge in [0, 0.05) is 0 Å². The number of aliphatic hydroxyl groups is 1. The highest BCUT2D eigenvalue weighted by molar-refractivity contribution is 5.76. The molecule has 11 atom stereocenters. The molecule has 7 aliphatic rings. The fourth-order valence-electron chi connectivity index (χ4n) is 13.0. The quantitative estimate of drug-likeness (QED) is 0.285. The topological polar surface area (TPSA) is 96.4 Å². The van der Waals surface area contributed by atoms with E-state index in [1.54, 1.807) is 0 Å². The Bertz CT molecular complexity index is 1110. The maximum Gasteiger partial charge on any atom is 0.309 e. The predicted molar refractivity (Wildman–Crippen MR) is 155 cm³/mol. The summed E-state index contributed by atoms with van der Waals surface area (Å²) >= 11 is 0. The molecule has 0 aromatic carbocycles. The van der Waals surface area contributed by atoms with Crippen LogP contribution in [0, 0.1) is 62.6 Å². The van der Waals surface area contributed by atoms with Gasteiger partial charge in [0.2, 0.25) is 0 Å². The number of epoxide rings is 1. The van der Waals surface area contributed by atoms with Crippen molar-refractivity contribution in [3.8, 4) is 0 Å². The number of carbonyl (C=O) groups excluding carboxylic acids is 1. The van der Waals surface area contributed by atoms with Crippen LogP contribution in [-0.2, 0) is 19.1 Å². The number of hydrogen-bond donors (Lipinski definition) is 2. The maximum atomic E-state index is 13.2. The molecule has 0 radical (unpaired) electrons. The summed E-state index contributed by atoms with van der Waals surface area (Å²) in [5.74, 6) is 1.00. The van der Waals surface area contributed by atoms with E-state index in [4.69, 9.17) is 9.47 Å². The smallest absolute Gasteiger partial charge is 0.309 e. The molecule has 1 saturated heterocycles. The van der Waals surface area contributed by atoms with E-state index in [-0.39, 0.29) is 51.5 Å². The highest BCUT2D eigenvalue weighted by Crippen LogP contribution is 2.78. The number of hydrogen-bond acceptors (Lipinski definition) is 5. The van der Waals surface area contributed by atoms with Gasteiger partial charge >= 0.3 is 11.9 Å². The van der Waals surface area contributed by atoms with Gasteiger partial charge in [-0.15, -0.1) is 0 Å². The summed E-state index contributed by atoms with van der Waals surface area (Å²) in [6.45, 7) is 13.1. The number of esters is 1. The molecule has 0 bridgehead atoms. The number of aliphatic hydroxyl groups excluding tert-OH is 1. The molecular formula is C35H54O6. The number of carbonyl (C=O) groups is 2. The van der Waals surface area contributed by atoms with Crippen LogP contribution >= 0.6 is 0 Å². The molecule has 7 fully saturated rings. The minimum atomic E-state index is -0.687. The molecule has 0 aromatic heterocycles. The van der Waals surface area contributed by atoms with Crippen LogP contribution in [0.25, 0.3) is 0 Å². The molecule has 230 valence electrons. The van der Waals surface area contributed by atoms with E-state index >= 15 is 0 Å². The molecule has 0 spiro atoms. The van der Waals surface area contributed by atoms with E-state index in [2.05, 4.69) is 34.6 Å². The average molecular weight is 571 g/mol. The zero-order chi connectivity index (χ0) is 29.2. The maximum absolute atomic E-state index is 13.2. The lowest BCUT2D eigenvalue weighted by atomic mass is 9.32. The van der Waals surface area contributed by atoms with Crippen LogP contribution in [0.1, 0.15) is 118 Å². The van der Waals surface area contributed by atoms with E-state index < -0.39 is 17.0 Å². The second-order valence-corrected chi connectivity index (χ2v) is 17.3. The van der Waals surface area contributed by atoms with E-state index in [9.17, 15) is 19.8 Å². The van der Waals surface area contributed by atoms with Crippen molar-refractivity contribution in [1.82, 2.24) is 0 Å². The summed E-state index contributed by atoms with van der Waals surface area (Å²) in [5, 5.41) is 21.8. The van der Waals surface area contributed by atoms with Gasteiger partial charge in [0.15, 0.2) is 0 Å². The van der Waals surface area contributed by atoms with Gasteiger partial charge < -0.3 is 19.7 Å². The number of fused-ring (bicyclic) bond motifs is 7. The molecule has 1 aliphatic heterocycles. The summed E-state index contributed by atoms with van der Waals surface area (Å²) in [6, 6.07) is 0. The van der Waals surface area contributed by atoms with Crippen molar-refractivity contribution in [2.75, 3.05) is 13.2 Å². The van der Waals surface area contributed by atoms with Crippen LogP contribution in [0.5, 0.6) is 0 Å². The van der Waals surface area contributed by atoms with Crippen molar-refractivity contribution < 1.29 is 29.3 Å². The second-order valence-electron chi connectivity index (χ2n) is 17.3. The van der Waals surface area contributed by atoms with Crippen LogP contribution in [-0.4, -0.2) is 47.1 Å². The van der Waals surface area contributed by atoms with Crippen molar-refractivity contribution in [3.63, 3.8) is 0 Å². The number of aliphatic carboxylic acids is 1. The summed E-state index contributed by atoms with van der Waals surface area (Å²) in [4.78, 5) is 25.9. The molecule has 6 heteroatoms. The highest BCUT2D eigenvalue weighted by atomic mass is 16.6. The molecule has 6 aliphatic carbocycles. The molecule has 2 unspecified atom stereocenters. The molecular weight excluding hydrogens is 516 g/mol. The van der Waals surface area contributed by atoms with Crippen LogP contribution in [0.15, 0.2) is 0 Å². The number of rotatable bonds is 5. The summed E-state index contributed by atoms with van der Waals surface area (Å²) in [5.41, 5.74) is -0.838. The Morgan fingerprint density at radius 2 is 1.54 bits per heavy atom. The van der Waals surface area contributed by atoms with Gasteiger partial charge in [0.25, 0.3) is 0 Å². The lowest BCUT2D eigenvalue weighted by Gasteiger charge is -2.72. The van der Waals surface area contributed by atoms with Gasteiger partial charge in [-0.3, -0.25) is 9.59 Å². The molecule has 1 heterocycles. The molecule has 0 aromatic rings. The summed E-state index contributed by atoms with van der Waals surface area (Å²) in [6.07, 6.45) is 12.6. The zero-order valence-electron chi connectivity index (χ0n) is 26.2. The van der Waals surface area contributed by atoms with Gasteiger partial charge in [-0.25, -0.2) is 0 Å². The minimum absolute atomic E-state index is 0.0445. The average Bonchev–Trinajstić information content (AvgIpc) is 3.56. The van der Waals surface area contributed by atoms with Gasteiger partial charge in [0.1, 0.15) is 12.2 Å². The third kappa shape index (κ3) is 3.61. The monoisotopic (exact) mass is 570 g/mol. The SMILES string of the molecule is CC1(C)[C@H](O)CC[C@]2(C)[C@H]3CCC4[C@@H]5[C@H](C6(COC(=O)C7CCC7)CO6)CC[C@]5(C(=O)O)CC[C@@]4(C)[C@]3(C)CC[C@@H]12. The van der Waals surface area contributed by atoms with E-state index in [1.165, 1.54) is 6.42 Å². The van der Waals surface area contributed by atoms with E-state index in [1.807, 2.05) is 0 Å². The first-order valence-corrected chi connectivity index (χ1v) is 17.0. The van der Waals surface area contributed by atoms with E-state index in [0.29, 0.717) is 31.0 Å². The first-order chi connectivity index (χ1) is 19.3. The van der Waals surface area contributed by atoms with Crippen LogP contribution in [0.2, 0.25) is 0 Å². The number of carboxylic acids is 1. The largest absolute Gasteiger partial charge is 0.481 e. The lowest BCUT2D eigenvalue weighted by Crippen LogP contribution is -2.67. The predicted octanol–water partition coefficient (Wildman–Crippen LogP) is 6.63. The molecule has 6 saturated carbocycles. The Labute approximate surface area is 246 Å². The van der Waals surface area contributed by atoms with Crippen molar-refractivity contribution in [3.05, 3.63) is 0 Å². The van der Waals surface area contributed by atoms with Gasteiger partial charge in [-0.1, -0.05) is 41.0 Å². The third-order valence-electron chi connectivity index (χ3n) is 15.9. The zero-order valence-corrected chi connectivity index (χ0v) is 26.2. The molecule has 6 nitrogen and oxygen atoms in total. The minimum Gasteiger partial charge on any atom is -0.481 e. The fourth-order valence-corrected chi connectivity index (χ4v) is 13.0. The van der Waals surface area contributed by atoms with Crippen molar-refractivity contribution >= 4 is 11.9 Å². The molecule has 2 N–H and O–H groups in total. The summed E-state index contributed by atoms with van der Waals surface area (Å²) in [7, 11) is 0. The Morgan fingerprint density at radius 3 is 2.17 bits per heavy atom. The first-order valence-electron chi connectivity index (χ1n) is 17.0. The molecule has 7 rings (SSSR count). The Balaban J connectivity index is 1.21. The normalized spacial score (nSPS) is 53.6. The Kier molecular flexibility index (Phi) is 6.25. The second kappa shape index (κ2) is 8.96. The number of carboxylic acid groups (broad SMARTS) is 1. The molecule has 41 heavy (non-hydrogen) atoms. The Morgan fingerprint density at radius 1 is 0.805 bits per heavy atom. The standard InChI is InChI=1S/C35H54O6/c1-30(2)24-12-15-33(5)25(31(24,3)14-13-26(30)36)10-9-22-27-23(11-16-34(27,29(38)39)18-17-32(22,33)4)35(20-41-35)19-40-28(37)21-7-6-8-21/h21-27,36H,6-20H2,1-5H3,(H,38,39)/t22?,23-,24+,25-,26-,27-,31+,32-,33-,34+,35?/m1/s1. The fraction of sp³-hybridized carbons (Fsp3) is 0.943. The van der Waals surface area contributed by atoms with E-state index in [0.717, 1.165) is 77.0 Å². The van der Waals surface area contributed by atoms with Crippen molar-refractivity contribution in [2.24, 2.45) is 62.6 Å². The van der Waals surface area contributed by atoms with Gasteiger partial charge in [0.05, 0.1) is 24.0 Å². The van der Waals surface area contributed by atoms with Gasteiger partial charge in [-0.05, 0) is 128 Å². The summed E-state index contributed by atoms with van der Waals surface area (Å²) < 4.78 is 12.1. The van der Waals surface area contributed by atoms with Crippen LogP contribution in [0.3, 0.4) is 0 Å². The third-order valence-corrected chi connectivity index (χ3v) is 15.9. The van der Waals surface area contributed by atoms with Crippen LogP contribution < -0.4 is 0 Å². The lowest BCUT2D eigenvalue weighted by molar-refractivity contribution is -0.250. The first kappa shape index (κ1) is 28.6. The highest BCUT2D eigenvalue weighted by Gasteiger charge is 2.74. The van der Waals surface area contributed by atoms with Crippen molar-refractivity contribution in [1.29, 1.82) is 0 Å². The van der Waals surface area contributed by atoms with Crippen LogP contribution in [0.4, 0.5) is 0 Å². The van der Waals surface area contributed by atoms with Gasteiger partial charge in [-0.2, -0.15) is 0 Å². The number of ether oxygens (including phenoxy) is 2. The molecule has 0 amide bonds.